The molecule has 116 valence electrons. The van der Waals surface area contributed by atoms with Crippen molar-refractivity contribution in [2.45, 2.75) is 79.1 Å². The van der Waals surface area contributed by atoms with Gasteiger partial charge >= 0.3 is 0 Å². The van der Waals surface area contributed by atoms with Gasteiger partial charge in [-0.3, -0.25) is 4.57 Å². The standard InChI is InChI=1S/C16H34FOP/c1-5-9-11-15(7-3)13-19(17,18)14-16(8-4)12-10-6-2/h15-16H,5-14H2,1-4H3. The summed E-state index contributed by atoms with van der Waals surface area (Å²) in [5.41, 5.74) is 0. The molecule has 2 unspecified atom stereocenters. The Morgan fingerprint density at radius 1 is 0.842 bits per heavy atom. The first-order valence-corrected chi connectivity index (χ1v) is 10.2. The van der Waals surface area contributed by atoms with Gasteiger partial charge in [-0.25, -0.2) is 0 Å². The monoisotopic (exact) mass is 292 g/mol. The van der Waals surface area contributed by atoms with E-state index < -0.39 is 7.45 Å². The number of rotatable bonds is 12. The van der Waals surface area contributed by atoms with Gasteiger partial charge in [-0.15, -0.1) is 0 Å². The fourth-order valence-electron chi connectivity index (χ4n) is 2.68. The second kappa shape index (κ2) is 10.9. The molecule has 0 radical (unpaired) electrons. The molecule has 3 heteroatoms. The van der Waals surface area contributed by atoms with E-state index in [9.17, 15) is 8.76 Å². The Morgan fingerprint density at radius 3 is 1.47 bits per heavy atom. The predicted molar refractivity (Wildman–Crippen MR) is 85.1 cm³/mol. The lowest BCUT2D eigenvalue weighted by atomic mass is 10.0. The van der Waals surface area contributed by atoms with Gasteiger partial charge in [-0.05, 0) is 24.7 Å². The zero-order chi connectivity index (χ0) is 14.7. The van der Waals surface area contributed by atoms with Crippen LogP contribution < -0.4 is 0 Å². The topological polar surface area (TPSA) is 17.1 Å². The van der Waals surface area contributed by atoms with E-state index in [0.29, 0.717) is 24.2 Å². The molecule has 0 aromatic rings. The highest BCUT2D eigenvalue weighted by atomic mass is 31.2. The summed E-state index contributed by atoms with van der Waals surface area (Å²) in [4.78, 5) is 0. The molecule has 0 saturated carbocycles. The average molecular weight is 292 g/mol. The molecule has 0 aliphatic heterocycles. The molecule has 0 rings (SSSR count). The molecule has 0 aromatic carbocycles. The molecule has 0 aromatic heterocycles. The van der Waals surface area contributed by atoms with Gasteiger partial charge in [0, 0.05) is 12.3 Å². The zero-order valence-electron chi connectivity index (χ0n) is 13.5. The Hall–Kier alpha value is 0.160. The van der Waals surface area contributed by atoms with Gasteiger partial charge in [0.15, 0.2) is 0 Å². The van der Waals surface area contributed by atoms with E-state index in [-0.39, 0.29) is 0 Å². The minimum atomic E-state index is -3.42. The molecule has 0 aliphatic rings. The van der Waals surface area contributed by atoms with Gasteiger partial charge in [-0.1, -0.05) is 66.2 Å². The van der Waals surface area contributed by atoms with E-state index in [2.05, 4.69) is 27.7 Å². The van der Waals surface area contributed by atoms with E-state index in [1.165, 1.54) is 0 Å². The van der Waals surface area contributed by atoms with Crippen molar-refractivity contribution in [3.05, 3.63) is 0 Å². The number of halogens is 1. The molecule has 0 N–H and O–H groups in total. The Bertz CT molecular complexity index is 233. The van der Waals surface area contributed by atoms with Crippen LogP contribution >= 0.6 is 7.45 Å². The van der Waals surface area contributed by atoms with E-state index in [1.807, 2.05) is 0 Å². The maximum absolute atomic E-state index is 14.4. The van der Waals surface area contributed by atoms with E-state index in [4.69, 9.17) is 0 Å². The van der Waals surface area contributed by atoms with Crippen molar-refractivity contribution >= 4 is 7.45 Å². The van der Waals surface area contributed by atoms with E-state index in [0.717, 1.165) is 51.4 Å². The molecular weight excluding hydrogens is 258 g/mol. The summed E-state index contributed by atoms with van der Waals surface area (Å²) in [7, 11) is -3.42. The van der Waals surface area contributed by atoms with Crippen molar-refractivity contribution in [2.75, 3.05) is 12.3 Å². The van der Waals surface area contributed by atoms with Gasteiger partial charge < -0.3 is 0 Å². The van der Waals surface area contributed by atoms with Crippen LogP contribution in [0.3, 0.4) is 0 Å². The third-order valence-electron chi connectivity index (χ3n) is 4.15. The number of unbranched alkanes of at least 4 members (excludes halogenated alkanes) is 2. The van der Waals surface area contributed by atoms with Crippen molar-refractivity contribution in [2.24, 2.45) is 11.8 Å². The Labute approximate surface area is 120 Å². The van der Waals surface area contributed by atoms with Crippen LogP contribution in [-0.4, -0.2) is 12.3 Å². The van der Waals surface area contributed by atoms with Crippen LogP contribution in [0.15, 0.2) is 0 Å². The van der Waals surface area contributed by atoms with Crippen LogP contribution in [0.5, 0.6) is 0 Å². The Kier molecular flexibility index (Phi) is 11.0. The molecule has 19 heavy (non-hydrogen) atoms. The minimum absolute atomic E-state index is 0.319. The third kappa shape index (κ3) is 9.66. The molecular formula is C16H34FOP. The van der Waals surface area contributed by atoms with Crippen LogP contribution in [0.2, 0.25) is 0 Å². The van der Waals surface area contributed by atoms with E-state index in [1.54, 1.807) is 0 Å². The Balaban J connectivity index is 4.29. The minimum Gasteiger partial charge on any atom is -0.288 e. The summed E-state index contributed by atoms with van der Waals surface area (Å²) in [6.45, 7) is 8.49. The largest absolute Gasteiger partial charge is 0.288 e. The summed E-state index contributed by atoms with van der Waals surface area (Å²) in [5, 5.41) is 0. The zero-order valence-corrected chi connectivity index (χ0v) is 14.4. The van der Waals surface area contributed by atoms with Crippen molar-refractivity contribution in [1.29, 1.82) is 0 Å². The lowest BCUT2D eigenvalue weighted by molar-refractivity contribution is 0.445. The van der Waals surface area contributed by atoms with Crippen LogP contribution in [0.25, 0.3) is 0 Å². The van der Waals surface area contributed by atoms with Crippen molar-refractivity contribution in [3.8, 4) is 0 Å². The lowest BCUT2D eigenvalue weighted by Gasteiger charge is -2.21. The lowest BCUT2D eigenvalue weighted by Crippen LogP contribution is -2.11. The summed E-state index contributed by atoms with van der Waals surface area (Å²) < 4.78 is 26.6. The van der Waals surface area contributed by atoms with Crippen LogP contribution in [0.1, 0.15) is 79.1 Å². The van der Waals surface area contributed by atoms with Crippen molar-refractivity contribution in [3.63, 3.8) is 0 Å². The molecule has 0 aliphatic carbocycles. The number of hydrogen-bond donors (Lipinski definition) is 0. The third-order valence-corrected chi connectivity index (χ3v) is 6.27. The highest BCUT2D eigenvalue weighted by Gasteiger charge is 2.28. The second-order valence-corrected chi connectivity index (χ2v) is 8.30. The van der Waals surface area contributed by atoms with Crippen LogP contribution in [0.4, 0.5) is 4.20 Å². The maximum Gasteiger partial charge on any atom is 0.245 e. The van der Waals surface area contributed by atoms with Crippen molar-refractivity contribution < 1.29 is 8.76 Å². The number of hydrogen-bond acceptors (Lipinski definition) is 1. The molecule has 0 amide bonds. The maximum atomic E-state index is 14.4. The second-order valence-electron chi connectivity index (χ2n) is 5.99. The molecule has 1 nitrogen and oxygen atoms in total. The molecule has 0 bridgehead atoms. The summed E-state index contributed by atoms with van der Waals surface area (Å²) in [6.07, 6.45) is 9.18. The van der Waals surface area contributed by atoms with Gasteiger partial charge in [0.05, 0.1) is 0 Å². The summed E-state index contributed by atoms with van der Waals surface area (Å²) >= 11 is 0. The van der Waals surface area contributed by atoms with Crippen LogP contribution in [-0.2, 0) is 4.57 Å². The molecule has 0 fully saturated rings. The van der Waals surface area contributed by atoms with Gasteiger partial charge in [0.1, 0.15) is 0 Å². The first-order chi connectivity index (χ1) is 8.99. The van der Waals surface area contributed by atoms with Crippen molar-refractivity contribution in [1.82, 2.24) is 0 Å². The fourth-order valence-corrected chi connectivity index (χ4v) is 5.25. The molecule has 2 atom stereocenters. The molecule has 0 spiro atoms. The summed E-state index contributed by atoms with van der Waals surface area (Å²) in [5.74, 6) is 0.638. The quantitative estimate of drug-likeness (QED) is 0.367. The average Bonchev–Trinajstić information content (AvgIpc) is 2.39. The molecule has 0 saturated heterocycles. The van der Waals surface area contributed by atoms with Gasteiger partial charge in [0.2, 0.25) is 7.45 Å². The summed E-state index contributed by atoms with van der Waals surface area (Å²) in [6, 6.07) is 0. The highest BCUT2D eigenvalue weighted by Crippen LogP contribution is 2.52. The highest BCUT2D eigenvalue weighted by molar-refractivity contribution is 7.58. The van der Waals surface area contributed by atoms with Crippen LogP contribution in [0, 0.1) is 11.8 Å². The SMILES string of the molecule is CCCCC(CC)CP(=O)(F)CC(CC)CCCC. The van der Waals surface area contributed by atoms with E-state index >= 15 is 0 Å². The first kappa shape index (κ1) is 19.2. The Morgan fingerprint density at radius 2 is 1.21 bits per heavy atom. The smallest absolute Gasteiger partial charge is 0.245 e. The molecule has 0 heterocycles. The first-order valence-electron chi connectivity index (χ1n) is 8.26. The normalized spacial score (nSPS) is 17.9. The van der Waals surface area contributed by atoms with Gasteiger partial charge in [0.25, 0.3) is 0 Å². The fraction of sp³-hybridized carbons (Fsp3) is 1.00. The van der Waals surface area contributed by atoms with Gasteiger partial charge in [-0.2, -0.15) is 4.20 Å². The predicted octanol–water partition coefficient (Wildman–Crippen LogP) is 6.67.